The van der Waals surface area contributed by atoms with Gasteiger partial charge in [-0.3, -0.25) is 14.4 Å². The smallest absolute Gasteiger partial charge is 0.251 e. The molecule has 2 amide bonds. The summed E-state index contributed by atoms with van der Waals surface area (Å²) < 4.78 is 12.1. The highest BCUT2D eigenvalue weighted by molar-refractivity contribution is 5.97. The van der Waals surface area contributed by atoms with Crippen molar-refractivity contribution in [2.75, 3.05) is 86.7 Å². The number of carbonyl (C=O) groups excluding carboxylic acids is 2. The number of fused-ring (bicyclic) bond motifs is 2. The average Bonchev–Trinajstić information content (AvgIpc) is 3.62. The number of hydrogen-bond acceptors (Lipinski definition) is 11. The first-order valence-electron chi connectivity index (χ1n) is 22.7. The number of rotatable bonds is 23. The highest BCUT2D eigenvalue weighted by Crippen LogP contribution is 2.61. The van der Waals surface area contributed by atoms with Gasteiger partial charge in [0.05, 0.1) is 25.9 Å². The van der Waals surface area contributed by atoms with Crippen molar-refractivity contribution >= 4 is 17.5 Å². The van der Waals surface area contributed by atoms with Gasteiger partial charge in [0.2, 0.25) is 5.91 Å². The second-order valence-electron chi connectivity index (χ2n) is 19.1. The number of allylic oxidation sites excluding steroid dienone is 4. The number of nitrogens with one attached hydrogen (secondary N) is 2. The number of aliphatic hydroxyl groups excluding tert-OH is 2. The van der Waals surface area contributed by atoms with Crippen molar-refractivity contribution in [2.45, 2.75) is 83.8 Å². The summed E-state index contributed by atoms with van der Waals surface area (Å²) in [7, 11) is 11.6. The lowest BCUT2D eigenvalue weighted by molar-refractivity contribution is -0.183. The largest absolute Gasteiger partial charge is 0.491 e. The molecule has 2 bridgehead atoms. The Morgan fingerprint density at radius 2 is 1.81 bits per heavy atom. The topological polar surface area (TPSA) is 139 Å². The van der Waals surface area contributed by atoms with Crippen LogP contribution in [0.4, 0.5) is 5.69 Å². The van der Waals surface area contributed by atoms with E-state index in [2.05, 4.69) is 47.8 Å². The fourth-order valence-electron chi connectivity index (χ4n) is 9.93. The molecule has 0 radical (unpaired) electrons. The summed E-state index contributed by atoms with van der Waals surface area (Å²) in [5.41, 5.74) is 3.93. The standard InChI is InChI=1S/C50H76N6O7/c1-12-13-14-15-16-19-39(31-53(6)7)51-48(59)37-25-36(26-40(27-37)54(8)9)41-20-17-18-35(47(41)62-24-22-55(10)21-23-61-11)30-56-46(45(34(3)58)44(32-57)63-56)49(60)52-43-29-38-28-42(33(43)2)50(38,4)5/h12-18,20,25-27,33-34,38-39,42-46,57-58H,1,19,21-24,28-32H2,2-11H3,(H,51,59)(H,52,60)/t33-,34-,38+,39-,42?,43-,44-,45+,46-/m0/s1. The van der Waals surface area contributed by atoms with Gasteiger partial charge in [0.1, 0.15) is 24.5 Å². The molecule has 0 spiro atoms. The first-order valence-corrected chi connectivity index (χ1v) is 22.7. The lowest BCUT2D eigenvalue weighted by Crippen LogP contribution is -2.62. The fraction of sp³-hybridized carbons (Fsp3) is 0.600. The van der Waals surface area contributed by atoms with E-state index in [4.69, 9.17) is 14.3 Å². The third-order valence-corrected chi connectivity index (χ3v) is 13.7. The van der Waals surface area contributed by atoms with Gasteiger partial charge in [0, 0.05) is 81.2 Å². The van der Waals surface area contributed by atoms with E-state index in [1.165, 1.54) is 6.42 Å². The Morgan fingerprint density at radius 3 is 2.44 bits per heavy atom. The SMILES string of the molecule is C=CC=CC=CC[C@@H](CN(C)C)NC(=O)c1cc(-c2cccc(CN3O[C@@H](CO)[C@@H]([C@H](C)O)[C@H]3C(=O)N[C@H]3C[C@H]4CC([C@@H]3C)C4(C)C)c2OCCN(C)CCOC)cc(N(C)C)c1. The van der Waals surface area contributed by atoms with Gasteiger partial charge < -0.3 is 45.0 Å². The summed E-state index contributed by atoms with van der Waals surface area (Å²) in [5.74, 6) is 0.926. The van der Waals surface area contributed by atoms with Crippen molar-refractivity contribution in [1.29, 1.82) is 0 Å². The molecule has 0 aromatic heterocycles. The fourth-order valence-corrected chi connectivity index (χ4v) is 9.93. The van der Waals surface area contributed by atoms with E-state index in [1.807, 2.05) is 101 Å². The molecule has 2 aromatic rings. The molecule has 9 atom stereocenters. The third kappa shape index (κ3) is 12.4. The number of hydroxylamine groups is 2. The van der Waals surface area contributed by atoms with E-state index in [9.17, 15) is 19.8 Å². The average molecular weight is 873 g/mol. The van der Waals surface area contributed by atoms with Crippen LogP contribution in [-0.2, 0) is 20.9 Å². The molecule has 63 heavy (non-hydrogen) atoms. The molecule has 4 aliphatic rings. The van der Waals surface area contributed by atoms with Gasteiger partial charge in [-0.15, -0.1) is 0 Å². The summed E-state index contributed by atoms with van der Waals surface area (Å²) in [5, 5.41) is 30.0. The summed E-state index contributed by atoms with van der Waals surface area (Å²) in [6, 6.07) is 10.7. The number of nitrogens with zero attached hydrogens (tertiary/aromatic N) is 4. The molecule has 13 heteroatoms. The number of carbonyl (C=O) groups is 2. The highest BCUT2D eigenvalue weighted by Gasteiger charge is 2.57. The molecule has 3 aliphatic carbocycles. The third-order valence-electron chi connectivity index (χ3n) is 13.7. The van der Waals surface area contributed by atoms with Gasteiger partial charge in [0.15, 0.2) is 0 Å². The van der Waals surface area contributed by atoms with Gasteiger partial charge in [-0.05, 0) is 94.3 Å². The molecule has 1 unspecified atom stereocenters. The van der Waals surface area contributed by atoms with Gasteiger partial charge in [-0.25, -0.2) is 0 Å². The second-order valence-corrected chi connectivity index (χ2v) is 19.1. The number of para-hydroxylation sites is 1. The van der Waals surface area contributed by atoms with Gasteiger partial charge >= 0.3 is 0 Å². The van der Waals surface area contributed by atoms with Crippen molar-refractivity contribution in [3.63, 3.8) is 0 Å². The summed E-state index contributed by atoms with van der Waals surface area (Å²) >= 11 is 0. The molecule has 1 heterocycles. The van der Waals surface area contributed by atoms with E-state index in [0.29, 0.717) is 61.8 Å². The number of benzene rings is 2. The number of likely N-dealkylation sites (N-methyl/N-ethyl adjacent to an activating group) is 2. The van der Waals surface area contributed by atoms with E-state index < -0.39 is 24.2 Å². The van der Waals surface area contributed by atoms with Crippen molar-refractivity contribution in [2.24, 2.45) is 29.1 Å². The molecule has 1 saturated heterocycles. The molecule has 3 saturated carbocycles. The van der Waals surface area contributed by atoms with E-state index in [0.717, 1.165) is 35.3 Å². The van der Waals surface area contributed by atoms with Gasteiger partial charge in [0.25, 0.3) is 5.91 Å². The molecule has 1 aliphatic heterocycles. The summed E-state index contributed by atoms with van der Waals surface area (Å²) in [4.78, 5) is 41.3. The maximum atomic E-state index is 14.5. The number of amides is 2. The van der Waals surface area contributed by atoms with Crippen LogP contribution in [0.25, 0.3) is 11.1 Å². The molecule has 348 valence electrons. The van der Waals surface area contributed by atoms with E-state index >= 15 is 0 Å². The predicted octanol–water partition coefficient (Wildman–Crippen LogP) is 5.39. The van der Waals surface area contributed by atoms with E-state index in [-0.39, 0.29) is 42.5 Å². The lowest BCUT2D eigenvalue weighted by atomic mass is 9.45. The Hall–Kier alpha value is -4.08. The predicted molar refractivity (Wildman–Crippen MR) is 252 cm³/mol. The quantitative estimate of drug-likeness (QED) is 0.107. The Labute approximate surface area is 377 Å². The molecule has 4 N–H and O–H groups in total. The zero-order valence-electron chi connectivity index (χ0n) is 39.5. The lowest BCUT2D eigenvalue weighted by Gasteiger charge is -2.62. The van der Waals surface area contributed by atoms with Crippen molar-refractivity contribution in [1.82, 2.24) is 25.5 Å². The minimum atomic E-state index is -0.926. The highest BCUT2D eigenvalue weighted by atomic mass is 16.7. The maximum Gasteiger partial charge on any atom is 0.251 e. The Bertz CT molecular complexity index is 1900. The Kier molecular flexibility index (Phi) is 18.0. The van der Waals surface area contributed by atoms with Crippen molar-refractivity contribution < 1.29 is 34.1 Å². The minimum absolute atomic E-state index is 0.0146. The van der Waals surface area contributed by atoms with Crippen LogP contribution in [0.3, 0.4) is 0 Å². The molecular weight excluding hydrogens is 797 g/mol. The molecule has 4 fully saturated rings. The monoisotopic (exact) mass is 873 g/mol. The van der Waals surface area contributed by atoms with Crippen LogP contribution in [0.15, 0.2) is 73.4 Å². The molecular formula is C50H76N6O7. The second kappa shape index (κ2) is 22.7. The van der Waals surface area contributed by atoms with Crippen LogP contribution in [0.5, 0.6) is 5.75 Å². The maximum absolute atomic E-state index is 14.5. The van der Waals surface area contributed by atoms with E-state index in [1.54, 1.807) is 25.2 Å². The van der Waals surface area contributed by atoms with Crippen molar-refractivity contribution in [3.05, 3.63) is 84.5 Å². The molecule has 6 rings (SSSR count). The van der Waals surface area contributed by atoms with Crippen LogP contribution in [0.1, 0.15) is 62.9 Å². The molecule has 2 aromatic carbocycles. The van der Waals surface area contributed by atoms with Gasteiger partial charge in [-0.1, -0.05) is 75.9 Å². The first-order chi connectivity index (χ1) is 30.0. The Balaban J connectivity index is 1.51. The van der Waals surface area contributed by atoms with Gasteiger partial charge in [-0.2, -0.15) is 5.06 Å². The molecule has 13 nitrogen and oxygen atoms in total. The number of hydrogen-bond donors (Lipinski definition) is 4. The van der Waals surface area contributed by atoms with Crippen LogP contribution in [0, 0.1) is 29.1 Å². The minimum Gasteiger partial charge on any atom is -0.491 e. The van der Waals surface area contributed by atoms with Crippen LogP contribution in [-0.4, -0.2) is 149 Å². The summed E-state index contributed by atoms with van der Waals surface area (Å²) in [6.45, 7) is 15.0. The van der Waals surface area contributed by atoms with Crippen molar-refractivity contribution in [3.8, 4) is 16.9 Å². The first kappa shape index (κ1) is 49.9. The van der Waals surface area contributed by atoms with Crippen LogP contribution in [0.2, 0.25) is 0 Å². The summed E-state index contributed by atoms with van der Waals surface area (Å²) in [6.07, 6.45) is 10.6. The Morgan fingerprint density at radius 1 is 1.06 bits per heavy atom. The number of aliphatic hydroxyl groups is 2. The van der Waals surface area contributed by atoms with Crippen LogP contribution < -0.4 is 20.3 Å². The zero-order valence-corrected chi connectivity index (χ0v) is 39.5. The number of methoxy groups -OCH3 is 1. The zero-order chi connectivity index (χ0) is 46.0. The normalized spacial score (nSPS) is 25.3. The number of ether oxygens (including phenoxy) is 2. The number of anilines is 1. The van der Waals surface area contributed by atoms with Crippen LogP contribution >= 0.6 is 0 Å².